The first kappa shape index (κ1) is 15.7. The molecule has 0 bridgehead atoms. The summed E-state index contributed by atoms with van der Waals surface area (Å²) in [7, 11) is -3.45. The van der Waals surface area contributed by atoms with Crippen molar-refractivity contribution in [3.05, 3.63) is 28.3 Å². The lowest BCUT2D eigenvalue weighted by Gasteiger charge is -2.33. The van der Waals surface area contributed by atoms with Crippen LogP contribution in [0.3, 0.4) is 0 Å². The van der Waals surface area contributed by atoms with Crippen molar-refractivity contribution in [2.75, 3.05) is 30.3 Å². The van der Waals surface area contributed by atoms with Gasteiger partial charge < -0.3 is 10.2 Å². The molecule has 1 aliphatic rings. The second kappa shape index (κ2) is 5.98. The van der Waals surface area contributed by atoms with E-state index in [2.05, 4.69) is 5.32 Å². The Kier molecular flexibility index (Phi) is 4.48. The first-order valence-electron chi connectivity index (χ1n) is 6.84. The maximum absolute atomic E-state index is 11.9. The van der Waals surface area contributed by atoms with Gasteiger partial charge >= 0.3 is 0 Å². The molecule has 0 unspecified atom stereocenters. The van der Waals surface area contributed by atoms with Gasteiger partial charge in [-0.25, -0.2) is 8.42 Å². The van der Waals surface area contributed by atoms with Crippen LogP contribution in [0.4, 0.5) is 11.4 Å². The zero-order chi connectivity index (χ0) is 15.6. The standard InChI is InChI=1S/C13H19N3O4S/c1-3-21(19,20)11-4-5-12(13(8-11)16(17)18)15-7-6-14-10(2)9-15/h4-5,8,10,14H,3,6-7,9H2,1-2H3/t10-/m1/s1. The number of hydrogen-bond donors (Lipinski definition) is 1. The SMILES string of the molecule is CCS(=O)(=O)c1ccc(N2CCN[C@H](C)C2)c([N+](=O)[O-])c1. The van der Waals surface area contributed by atoms with E-state index in [0.29, 0.717) is 18.8 Å². The number of benzene rings is 1. The van der Waals surface area contributed by atoms with Crippen LogP contribution in [0.2, 0.25) is 0 Å². The third kappa shape index (κ3) is 3.33. The molecule has 1 fully saturated rings. The third-order valence-corrected chi connectivity index (χ3v) is 5.32. The molecule has 0 saturated carbocycles. The predicted molar refractivity (Wildman–Crippen MR) is 80.5 cm³/mol. The number of nitro groups is 1. The summed E-state index contributed by atoms with van der Waals surface area (Å²) in [5.41, 5.74) is 0.321. The number of rotatable bonds is 4. The Morgan fingerprint density at radius 2 is 2.19 bits per heavy atom. The molecule has 0 aliphatic carbocycles. The van der Waals surface area contributed by atoms with Gasteiger partial charge in [-0.15, -0.1) is 0 Å². The summed E-state index contributed by atoms with van der Waals surface area (Å²) in [5.74, 6) is -0.0752. The van der Waals surface area contributed by atoms with Crippen molar-refractivity contribution in [1.29, 1.82) is 0 Å². The van der Waals surface area contributed by atoms with E-state index in [1.165, 1.54) is 19.1 Å². The molecule has 1 N–H and O–H groups in total. The highest BCUT2D eigenvalue weighted by Gasteiger charge is 2.25. The van der Waals surface area contributed by atoms with E-state index in [4.69, 9.17) is 0 Å². The van der Waals surface area contributed by atoms with Crippen molar-refractivity contribution in [3.63, 3.8) is 0 Å². The number of sulfone groups is 1. The van der Waals surface area contributed by atoms with Crippen LogP contribution in [0, 0.1) is 10.1 Å². The molecule has 1 heterocycles. The zero-order valence-corrected chi connectivity index (χ0v) is 12.9. The smallest absolute Gasteiger partial charge is 0.293 e. The van der Waals surface area contributed by atoms with Gasteiger partial charge in [0.05, 0.1) is 15.6 Å². The molecule has 21 heavy (non-hydrogen) atoms. The lowest BCUT2D eigenvalue weighted by atomic mass is 10.2. The number of anilines is 1. The Morgan fingerprint density at radius 1 is 1.48 bits per heavy atom. The number of hydrogen-bond acceptors (Lipinski definition) is 6. The van der Waals surface area contributed by atoms with Crippen molar-refractivity contribution < 1.29 is 13.3 Å². The number of nitrogens with zero attached hydrogens (tertiary/aromatic N) is 2. The Hall–Kier alpha value is -1.67. The van der Waals surface area contributed by atoms with Crippen LogP contribution < -0.4 is 10.2 Å². The molecule has 8 heteroatoms. The van der Waals surface area contributed by atoms with E-state index >= 15 is 0 Å². The fraction of sp³-hybridized carbons (Fsp3) is 0.538. The maximum Gasteiger partial charge on any atom is 0.293 e. The molecule has 1 saturated heterocycles. The molecule has 1 aromatic rings. The molecule has 7 nitrogen and oxygen atoms in total. The summed E-state index contributed by atoms with van der Waals surface area (Å²) < 4.78 is 23.7. The van der Waals surface area contributed by atoms with Gasteiger partial charge in [-0.1, -0.05) is 6.92 Å². The number of piperazine rings is 1. The number of nitro benzene ring substituents is 1. The Morgan fingerprint density at radius 3 is 2.76 bits per heavy atom. The Bertz CT molecular complexity index is 645. The third-order valence-electron chi connectivity index (χ3n) is 3.59. The lowest BCUT2D eigenvalue weighted by molar-refractivity contribution is -0.384. The van der Waals surface area contributed by atoms with Gasteiger partial charge in [0.1, 0.15) is 5.69 Å². The van der Waals surface area contributed by atoms with Gasteiger partial charge in [0.2, 0.25) is 0 Å². The molecular weight excluding hydrogens is 294 g/mol. The van der Waals surface area contributed by atoms with Crippen LogP contribution in [-0.4, -0.2) is 44.8 Å². The fourth-order valence-corrected chi connectivity index (χ4v) is 3.33. The largest absolute Gasteiger partial charge is 0.363 e. The fourth-order valence-electron chi connectivity index (χ4n) is 2.43. The van der Waals surface area contributed by atoms with Crippen LogP contribution >= 0.6 is 0 Å². The predicted octanol–water partition coefficient (Wildman–Crippen LogP) is 1.19. The second-order valence-corrected chi connectivity index (χ2v) is 7.39. The molecule has 116 valence electrons. The summed E-state index contributed by atoms with van der Waals surface area (Å²) in [6, 6.07) is 4.39. The molecule has 0 spiro atoms. The first-order valence-corrected chi connectivity index (χ1v) is 8.50. The Labute approximate surface area is 124 Å². The molecule has 0 aromatic heterocycles. The minimum Gasteiger partial charge on any atom is -0.363 e. The zero-order valence-electron chi connectivity index (χ0n) is 12.1. The molecule has 1 aliphatic heterocycles. The van der Waals surface area contributed by atoms with E-state index in [1.807, 2.05) is 11.8 Å². The van der Waals surface area contributed by atoms with Gasteiger partial charge in [0, 0.05) is 31.7 Å². The lowest BCUT2D eigenvalue weighted by Crippen LogP contribution is -2.49. The van der Waals surface area contributed by atoms with Gasteiger partial charge in [0.15, 0.2) is 9.84 Å². The highest BCUT2D eigenvalue weighted by atomic mass is 32.2. The van der Waals surface area contributed by atoms with E-state index in [0.717, 1.165) is 6.54 Å². The second-order valence-electron chi connectivity index (χ2n) is 5.11. The van der Waals surface area contributed by atoms with Crippen molar-refractivity contribution in [2.24, 2.45) is 0 Å². The highest BCUT2D eigenvalue weighted by molar-refractivity contribution is 7.91. The van der Waals surface area contributed by atoms with Crippen molar-refractivity contribution >= 4 is 21.2 Å². The number of nitrogens with one attached hydrogen (secondary N) is 1. The molecule has 1 atom stereocenters. The van der Waals surface area contributed by atoms with Crippen molar-refractivity contribution in [1.82, 2.24) is 5.32 Å². The van der Waals surface area contributed by atoms with E-state index in [-0.39, 0.29) is 22.4 Å². The van der Waals surface area contributed by atoms with Crippen LogP contribution in [0.15, 0.2) is 23.1 Å². The monoisotopic (exact) mass is 313 g/mol. The average molecular weight is 313 g/mol. The molecule has 1 aromatic carbocycles. The minimum absolute atomic E-state index is 0.00336. The summed E-state index contributed by atoms with van der Waals surface area (Å²) in [4.78, 5) is 12.7. The van der Waals surface area contributed by atoms with Crippen LogP contribution in [0.25, 0.3) is 0 Å². The highest BCUT2D eigenvalue weighted by Crippen LogP contribution is 2.31. The van der Waals surface area contributed by atoms with Gasteiger partial charge in [-0.2, -0.15) is 0 Å². The summed E-state index contributed by atoms with van der Waals surface area (Å²) in [6.45, 7) is 5.58. The summed E-state index contributed by atoms with van der Waals surface area (Å²) >= 11 is 0. The summed E-state index contributed by atoms with van der Waals surface area (Å²) in [6.07, 6.45) is 0. The van der Waals surface area contributed by atoms with Crippen molar-refractivity contribution in [2.45, 2.75) is 24.8 Å². The van der Waals surface area contributed by atoms with Gasteiger partial charge in [-0.05, 0) is 19.1 Å². The molecule has 2 rings (SSSR count). The maximum atomic E-state index is 11.9. The first-order chi connectivity index (χ1) is 9.85. The van der Waals surface area contributed by atoms with Crippen LogP contribution in [0.5, 0.6) is 0 Å². The van der Waals surface area contributed by atoms with Crippen LogP contribution in [-0.2, 0) is 9.84 Å². The molecule has 0 amide bonds. The summed E-state index contributed by atoms with van der Waals surface area (Å²) in [5, 5.41) is 14.5. The Balaban J connectivity index is 2.45. The quantitative estimate of drug-likeness (QED) is 0.663. The molecule has 0 radical (unpaired) electrons. The molecular formula is C13H19N3O4S. The van der Waals surface area contributed by atoms with Gasteiger partial charge in [0.25, 0.3) is 5.69 Å². The van der Waals surface area contributed by atoms with Gasteiger partial charge in [-0.3, -0.25) is 10.1 Å². The van der Waals surface area contributed by atoms with Crippen LogP contribution in [0.1, 0.15) is 13.8 Å². The van der Waals surface area contributed by atoms with E-state index in [9.17, 15) is 18.5 Å². The average Bonchev–Trinajstić information content (AvgIpc) is 2.46. The topological polar surface area (TPSA) is 92.6 Å². The normalized spacial score (nSPS) is 19.5. The minimum atomic E-state index is -3.45. The van der Waals surface area contributed by atoms with E-state index < -0.39 is 14.8 Å². The van der Waals surface area contributed by atoms with Crippen molar-refractivity contribution in [3.8, 4) is 0 Å². The van der Waals surface area contributed by atoms with E-state index in [1.54, 1.807) is 6.07 Å².